The molecule has 0 bridgehead atoms. The molecular weight excluding hydrogens is 391 g/mol. The second-order valence-corrected chi connectivity index (χ2v) is 8.93. The standard InChI is InChI=1S/C18H18Cl2N4OS/c1-18(2)7-12-14(13(25)8-18)15(10-5-4-9(19)6-11(10)20)24-16(21-12)22-17(23-24)26-3/h4-7,14-15H,8H2,1-3H3,(H,21,22,23)/t14-,15-/m0/s1. The second-order valence-electron chi connectivity index (χ2n) is 7.31. The number of carbonyl (C=O) groups is 1. The van der Waals surface area contributed by atoms with Crippen molar-refractivity contribution in [3.8, 4) is 0 Å². The largest absolute Gasteiger partial charge is 0.328 e. The minimum Gasteiger partial charge on any atom is -0.328 e. The number of nitrogens with zero attached hydrogens (tertiary/aromatic N) is 3. The van der Waals surface area contributed by atoms with Crippen LogP contribution >= 0.6 is 35.0 Å². The molecule has 5 nitrogen and oxygen atoms in total. The van der Waals surface area contributed by atoms with Crippen LogP contribution in [0.15, 0.2) is 35.1 Å². The summed E-state index contributed by atoms with van der Waals surface area (Å²) in [5.74, 6) is 0.423. The quantitative estimate of drug-likeness (QED) is 0.721. The SMILES string of the molecule is CSc1nc2n(n1)[C@@H](c1ccc(Cl)cc1Cl)[C@@H]1C(=O)CC(C)(C)C=C1N2. The molecule has 0 fully saturated rings. The highest BCUT2D eigenvalue weighted by atomic mass is 35.5. The molecule has 2 aromatic rings. The predicted octanol–water partition coefficient (Wildman–Crippen LogP) is 4.82. The Morgan fingerprint density at radius 1 is 1.35 bits per heavy atom. The monoisotopic (exact) mass is 408 g/mol. The van der Waals surface area contributed by atoms with E-state index in [1.54, 1.807) is 16.8 Å². The van der Waals surface area contributed by atoms with Crippen LogP contribution in [0.25, 0.3) is 0 Å². The van der Waals surface area contributed by atoms with Crippen LogP contribution in [0.3, 0.4) is 0 Å². The third kappa shape index (κ3) is 2.94. The summed E-state index contributed by atoms with van der Waals surface area (Å²) >= 11 is 14.0. The van der Waals surface area contributed by atoms with E-state index in [0.717, 1.165) is 11.3 Å². The van der Waals surface area contributed by atoms with Crippen molar-refractivity contribution in [3.05, 3.63) is 45.6 Å². The van der Waals surface area contributed by atoms with E-state index in [0.29, 0.717) is 27.6 Å². The van der Waals surface area contributed by atoms with E-state index in [9.17, 15) is 4.79 Å². The molecule has 8 heteroatoms. The summed E-state index contributed by atoms with van der Waals surface area (Å²) in [4.78, 5) is 17.6. The van der Waals surface area contributed by atoms with Gasteiger partial charge in [0, 0.05) is 22.2 Å². The summed E-state index contributed by atoms with van der Waals surface area (Å²) in [5, 5.41) is 9.63. The lowest BCUT2D eigenvalue weighted by Gasteiger charge is -2.40. The van der Waals surface area contributed by atoms with Gasteiger partial charge in [0.2, 0.25) is 11.1 Å². The van der Waals surface area contributed by atoms with Gasteiger partial charge in [0.15, 0.2) is 0 Å². The Kier molecular flexibility index (Phi) is 4.33. The maximum atomic E-state index is 13.1. The highest BCUT2D eigenvalue weighted by Gasteiger charge is 2.45. The average Bonchev–Trinajstić information content (AvgIpc) is 2.95. The van der Waals surface area contributed by atoms with Gasteiger partial charge in [0.05, 0.1) is 12.0 Å². The van der Waals surface area contributed by atoms with E-state index in [1.807, 2.05) is 12.3 Å². The van der Waals surface area contributed by atoms with E-state index >= 15 is 0 Å². The van der Waals surface area contributed by atoms with E-state index in [4.69, 9.17) is 23.2 Å². The molecule has 1 aliphatic carbocycles. The number of thioether (sulfide) groups is 1. The molecule has 1 aromatic heterocycles. The summed E-state index contributed by atoms with van der Waals surface area (Å²) in [6.07, 6.45) is 4.53. The molecule has 0 saturated carbocycles. The predicted molar refractivity (Wildman–Crippen MR) is 105 cm³/mol. The lowest BCUT2D eigenvalue weighted by molar-refractivity contribution is -0.125. The Morgan fingerprint density at radius 2 is 2.12 bits per heavy atom. The summed E-state index contributed by atoms with van der Waals surface area (Å²) in [6, 6.07) is 5.01. The van der Waals surface area contributed by atoms with Gasteiger partial charge in [-0.25, -0.2) is 4.68 Å². The normalized spacial score (nSPS) is 23.7. The summed E-state index contributed by atoms with van der Waals surface area (Å²) < 4.78 is 1.78. The van der Waals surface area contributed by atoms with E-state index in [2.05, 4.69) is 35.3 Å². The second kappa shape index (κ2) is 6.29. The minimum atomic E-state index is -0.370. The van der Waals surface area contributed by atoms with Crippen molar-refractivity contribution >= 4 is 46.7 Å². The Balaban J connectivity index is 1.94. The van der Waals surface area contributed by atoms with Crippen LogP contribution in [0.1, 0.15) is 31.9 Å². The summed E-state index contributed by atoms with van der Waals surface area (Å²) in [6.45, 7) is 4.12. The smallest absolute Gasteiger partial charge is 0.227 e. The molecule has 0 amide bonds. The zero-order chi connectivity index (χ0) is 18.6. The molecule has 0 spiro atoms. The molecule has 0 radical (unpaired) electrons. The average molecular weight is 409 g/mol. The lowest BCUT2D eigenvalue weighted by Crippen LogP contribution is -2.42. The minimum absolute atomic E-state index is 0.169. The maximum Gasteiger partial charge on any atom is 0.227 e. The van der Waals surface area contributed by atoms with Gasteiger partial charge in [-0.05, 0) is 29.4 Å². The number of rotatable bonds is 2. The van der Waals surface area contributed by atoms with Crippen LogP contribution in [-0.4, -0.2) is 26.8 Å². The van der Waals surface area contributed by atoms with Gasteiger partial charge in [-0.3, -0.25) is 4.79 Å². The Morgan fingerprint density at radius 3 is 2.81 bits per heavy atom. The zero-order valence-corrected chi connectivity index (χ0v) is 16.9. The van der Waals surface area contributed by atoms with Crippen LogP contribution in [0.2, 0.25) is 10.0 Å². The fourth-order valence-corrected chi connectivity index (χ4v) is 4.61. The molecule has 4 rings (SSSR count). The Hall–Kier alpha value is -1.50. The summed E-state index contributed by atoms with van der Waals surface area (Å²) in [7, 11) is 0. The van der Waals surface area contributed by atoms with Crippen molar-refractivity contribution in [1.29, 1.82) is 0 Å². The van der Waals surface area contributed by atoms with Gasteiger partial charge in [-0.2, -0.15) is 4.98 Å². The van der Waals surface area contributed by atoms with Crippen molar-refractivity contribution in [2.75, 3.05) is 11.6 Å². The van der Waals surface area contributed by atoms with Gasteiger partial charge in [-0.15, -0.1) is 5.10 Å². The zero-order valence-electron chi connectivity index (χ0n) is 14.6. The van der Waals surface area contributed by atoms with Crippen molar-refractivity contribution in [2.45, 2.75) is 31.5 Å². The molecule has 1 aromatic carbocycles. The van der Waals surface area contributed by atoms with Crippen LogP contribution in [0.5, 0.6) is 0 Å². The van der Waals surface area contributed by atoms with Crippen LogP contribution in [0.4, 0.5) is 5.95 Å². The summed E-state index contributed by atoms with van der Waals surface area (Å²) in [5.41, 5.74) is 1.49. The van der Waals surface area contributed by atoms with E-state index in [1.165, 1.54) is 11.8 Å². The molecule has 0 saturated heterocycles. The number of allylic oxidation sites excluding steroid dienone is 2. The van der Waals surface area contributed by atoms with E-state index < -0.39 is 0 Å². The number of fused-ring (bicyclic) bond motifs is 2. The number of halogens is 2. The lowest BCUT2D eigenvalue weighted by atomic mass is 9.72. The number of benzene rings is 1. The maximum absolute atomic E-state index is 13.1. The van der Waals surface area contributed by atoms with Crippen molar-refractivity contribution < 1.29 is 4.79 Å². The van der Waals surface area contributed by atoms with Gasteiger partial charge < -0.3 is 5.32 Å². The van der Waals surface area contributed by atoms with Gasteiger partial charge in [0.1, 0.15) is 5.78 Å². The molecule has 2 aliphatic rings. The third-order valence-electron chi connectivity index (χ3n) is 4.77. The number of aromatic nitrogens is 3. The number of Topliss-reactive ketones (excluding diaryl/α,β-unsaturated/α-hetero) is 1. The van der Waals surface area contributed by atoms with Crippen LogP contribution in [-0.2, 0) is 4.79 Å². The highest BCUT2D eigenvalue weighted by Crippen LogP contribution is 2.47. The molecular formula is C18H18Cl2N4OS. The van der Waals surface area contributed by atoms with Crippen LogP contribution in [0, 0.1) is 11.3 Å². The molecule has 2 atom stereocenters. The van der Waals surface area contributed by atoms with Gasteiger partial charge >= 0.3 is 0 Å². The third-order valence-corrected chi connectivity index (χ3v) is 5.87. The Bertz CT molecular complexity index is 937. The fraction of sp³-hybridized carbons (Fsp3) is 0.389. The van der Waals surface area contributed by atoms with Crippen molar-refractivity contribution in [2.24, 2.45) is 11.3 Å². The Labute approximate surface area is 166 Å². The molecule has 1 aliphatic heterocycles. The van der Waals surface area contributed by atoms with Crippen molar-refractivity contribution in [1.82, 2.24) is 14.8 Å². The van der Waals surface area contributed by atoms with E-state index in [-0.39, 0.29) is 23.2 Å². The number of ketones is 1. The highest BCUT2D eigenvalue weighted by molar-refractivity contribution is 7.98. The van der Waals surface area contributed by atoms with Gasteiger partial charge in [0.25, 0.3) is 0 Å². The molecule has 0 unspecified atom stereocenters. The number of hydrogen-bond acceptors (Lipinski definition) is 5. The molecule has 136 valence electrons. The molecule has 2 heterocycles. The first-order valence-electron chi connectivity index (χ1n) is 8.27. The van der Waals surface area contributed by atoms with Crippen LogP contribution < -0.4 is 5.32 Å². The number of anilines is 1. The van der Waals surface area contributed by atoms with Gasteiger partial charge in [-0.1, -0.05) is 61.0 Å². The number of carbonyl (C=O) groups excluding carboxylic acids is 1. The molecule has 26 heavy (non-hydrogen) atoms. The first kappa shape index (κ1) is 17.9. The topological polar surface area (TPSA) is 59.8 Å². The fourth-order valence-electron chi connectivity index (χ4n) is 3.75. The number of nitrogens with one attached hydrogen (secondary N) is 1. The first-order chi connectivity index (χ1) is 12.3. The number of hydrogen-bond donors (Lipinski definition) is 1. The molecule has 1 N–H and O–H groups in total. The first-order valence-corrected chi connectivity index (χ1v) is 10.2. The van der Waals surface area contributed by atoms with Crippen molar-refractivity contribution in [3.63, 3.8) is 0 Å².